The third-order valence-electron chi connectivity index (χ3n) is 10.3. The molecular formula is C47H31NO. The zero-order valence-corrected chi connectivity index (χ0v) is 27.0. The van der Waals surface area contributed by atoms with E-state index in [-0.39, 0.29) is 0 Å². The minimum absolute atomic E-state index is 0.866. The molecule has 0 amide bonds. The van der Waals surface area contributed by atoms with Gasteiger partial charge in [0.2, 0.25) is 0 Å². The van der Waals surface area contributed by atoms with E-state index in [0.717, 1.165) is 5.75 Å². The molecule has 0 unspecified atom stereocenters. The van der Waals surface area contributed by atoms with E-state index in [1.165, 1.54) is 92.8 Å². The lowest BCUT2D eigenvalue weighted by atomic mass is 9.90. The molecule has 0 aliphatic heterocycles. The predicted molar refractivity (Wildman–Crippen MR) is 208 cm³/mol. The van der Waals surface area contributed by atoms with Crippen LogP contribution in [-0.2, 0) is 0 Å². The topological polar surface area (TPSA) is 14.2 Å². The maximum atomic E-state index is 5.40. The first-order valence-corrected chi connectivity index (χ1v) is 16.8. The van der Waals surface area contributed by atoms with Crippen LogP contribution in [0.25, 0.3) is 92.8 Å². The highest BCUT2D eigenvalue weighted by Gasteiger charge is 2.16. The van der Waals surface area contributed by atoms with E-state index in [1.807, 2.05) is 12.1 Å². The third-order valence-corrected chi connectivity index (χ3v) is 10.3. The Kier molecular flexibility index (Phi) is 6.13. The summed E-state index contributed by atoms with van der Waals surface area (Å²) in [4.78, 5) is 0. The van der Waals surface area contributed by atoms with Gasteiger partial charge >= 0.3 is 0 Å². The number of nitrogens with zero attached hydrogens (tertiary/aromatic N) is 1. The molecule has 1 heterocycles. The summed E-state index contributed by atoms with van der Waals surface area (Å²) in [6.45, 7) is 0. The second-order valence-electron chi connectivity index (χ2n) is 12.9. The van der Waals surface area contributed by atoms with Gasteiger partial charge in [-0.3, -0.25) is 0 Å². The van der Waals surface area contributed by atoms with Crippen LogP contribution in [0.3, 0.4) is 0 Å². The molecule has 0 fully saturated rings. The lowest BCUT2D eigenvalue weighted by Gasteiger charge is -2.14. The summed E-state index contributed by atoms with van der Waals surface area (Å²) in [7, 11) is 1.71. The molecule has 10 aromatic rings. The van der Waals surface area contributed by atoms with Gasteiger partial charge in [0, 0.05) is 16.5 Å². The average molecular weight is 626 g/mol. The minimum Gasteiger partial charge on any atom is -0.497 e. The number of para-hydroxylation sites is 1. The SMILES string of the molecule is COc1ccc(-c2ccc(-c3ccc4c(ccc5cc6c(cc54)c4ccccc4n6-c4ccc5ccccc5c4)c3)c3ccccc23)cc1. The van der Waals surface area contributed by atoms with Crippen molar-refractivity contribution in [1.29, 1.82) is 0 Å². The molecule has 0 saturated carbocycles. The number of aromatic nitrogens is 1. The molecule has 0 spiro atoms. The molecule has 10 rings (SSSR count). The fraction of sp³-hybridized carbons (Fsp3) is 0.0213. The summed E-state index contributed by atoms with van der Waals surface area (Å²) in [5.74, 6) is 0.866. The summed E-state index contributed by atoms with van der Waals surface area (Å²) >= 11 is 0. The molecule has 0 aliphatic rings. The standard InChI is InChI=1S/C47H31NO/c1-49-37-21-17-31(18-22-37)38-24-25-39(42-11-5-4-10-41(38)42)34-19-23-40-33(26-34)14-15-35-28-47-45(29-44(35)40)43-12-6-7-13-46(43)48(47)36-20-16-30-8-2-3-9-32(30)27-36/h2-29H,1H3. The Balaban J connectivity index is 1.14. The lowest BCUT2D eigenvalue weighted by molar-refractivity contribution is 0.415. The molecule has 0 radical (unpaired) electrons. The Morgan fingerprint density at radius 3 is 1.78 bits per heavy atom. The highest BCUT2D eigenvalue weighted by Crippen LogP contribution is 2.40. The Morgan fingerprint density at radius 2 is 1.00 bits per heavy atom. The molecule has 0 bridgehead atoms. The highest BCUT2D eigenvalue weighted by atomic mass is 16.5. The van der Waals surface area contributed by atoms with Crippen molar-refractivity contribution in [2.24, 2.45) is 0 Å². The first-order chi connectivity index (χ1) is 24.2. The Labute approximate surface area is 284 Å². The van der Waals surface area contributed by atoms with Gasteiger partial charge in [0.25, 0.3) is 0 Å². The molecule has 230 valence electrons. The summed E-state index contributed by atoms with van der Waals surface area (Å²) in [6, 6.07) is 62.0. The van der Waals surface area contributed by atoms with E-state index in [0.29, 0.717) is 0 Å². The monoisotopic (exact) mass is 625 g/mol. The van der Waals surface area contributed by atoms with E-state index in [9.17, 15) is 0 Å². The van der Waals surface area contributed by atoms with Crippen LogP contribution in [0.1, 0.15) is 0 Å². The highest BCUT2D eigenvalue weighted by molar-refractivity contribution is 6.19. The predicted octanol–water partition coefficient (Wildman–Crippen LogP) is 12.7. The van der Waals surface area contributed by atoms with Crippen molar-refractivity contribution in [2.45, 2.75) is 0 Å². The molecule has 0 atom stereocenters. The van der Waals surface area contributed by atoms with Crippen molar-refractivity contribution < 1.29 is 4.74 Å². The summed E-state index contributed by atoms with van der Waals surface area (Å²) in [5.41, 5.74) is 8.49. The third kappa shape index (κ3) is 4.35. The van der Waals surface area contributed by atoms with Gasteiger partial charge in [0.15, 0.2) is 0 Å². The second kappa shape index (κ2) is 10.8. The molecule has 0 N–H and O–H groups in total. The van der Waals surface area contributed by atoms with Crippen molar-refractivity contribution in [3.05, 3.63) is 170 Å². The van der Waals surface area contributed by atoms with Crippen LogP contribution in [0.4, 0.5) is 0 Å². The quantitative estimate of drug-likeness (QED) is 0.178. The summed E-state index contributed by atoms with van der Waals surface area (Å²) in [5, 5.41) is 12.6. The van der Waals surface area contributed by atoms with Crippen LogP contribution >= 0.6 is 0 Å². The molecule has 1 aromatic heterocycles. The summed E-state index contributed by atoms with van der Waals surface area (Å²) < 4.78 is 7.82. The Bertz CT molecular complexity index is 2910. The number of hydrogen-bond acceptors (Lipinski definition) is 1. The number of rotatable bonds is 4. The number of fused-ring (bicyclic) bond motifs is 8. The van der Waals surface area contributed by atoms with E-state index in [2.05, 4.69) is 162 Å². The number of benzene rings is 9. The zero-order valence-electron chi connectivity index (χ0n) is 27.0. The molecule has 0 aliphatic carbocycles. The first-order valence-electron chi connectivity index (χ1n) is 16.8. The Hall–Kier alpha value is -6.38. The van der Waals surface area contributed by atoms with Gasteiger partial charge in [-0.25, -0.2) is 0 Å². The maximum Gasteiger partial charge on any atom is 0.118 e. The normalized spacial score (nSPS) is 11.8. The van der Waals surface area contributed by atoms with Crippen molar-refractivity contribution in [1.82, 2.24) is 4.57 Å². The molecule has 2 nitrogen and oxygen atoms in total. The lowest BCUT2D eigenvalue weighted by Crippen LogP contribution is -1.94. The minimum atomic E-state index is 0.866. The fourth-order valence-electron chi connectivity index (χ4n) is 7.86. The van der Waals surface area contributed by atoms with Crippen LogP contribution < -0.4 is 4.74 Å². The van der Waals surface area contributed by atoms with Crippen LogP contribution in [0.2, 0.25) is 0 Å². The van der Waals surface area contributed by atoms with E-state index < -0.39 is 0 Å². The van der Waals surface area contributed by atoms with E-state index >= 15 is 0 Å². The van der Waals surface area contributed by atoms with Crippen LogP contribution in [0.5, 0.6) is 5.75 Å². The molecule has 9 aromatic carbocycles. The van der Waals surface area contributed by atoms with E-state index in [4.69, 9.17) is 4.74 Å². The Morgan fingerprint density at radius 1 is 0.367 bits per heavy atom. The van der Waals surface area contributed by atoms with Gasteiger partial charge < -0.3 is 9.30 Å². The van der Waals surface area contributed by atoms with Crippen molar-refractivity contribution >= 4 is 64.9 Å². The maximum absolute atomic E-state index is 5.40. The molecule has 49 heavy (non-hydrogen) atoms. The number of hydrogen-bond donors (Lipinski definition) is 0. The average Bonchev–Trinajstić information content (AvgIpc) is 3.49. The zero-order chi connectivity index (χ0) is 32.5. The number of ether oxygens (including phenoxy) is 1. The smallest absolute Gasteiger partial charge is 0.118 e. The van der Waals surface area contributed by atoms with Crippen LogP contribution in [0, 0.1) is 0 Å². The first kappa shape index (κ1) is 27.7. The van der Waals surface area contributed by atoms with E-state index in [1.54, 1.807) is 7.11 Å². The second-order valence-corrected chi connectivity index (χ2v) is 12.9. The molecule has 0 saturated heterocycles. The van der Waals surface area contributed by atoms with Crippen molar-refractivity contribution in [3.63, 3.8) is 0 Å². The van der Waals surface area contributed by atoms with Crippen molar-refractivity contribution in [2.75, 3.05) is 7.11 Å². The van der Waals surface area contributed by atoms with Gasteiger partial charge in [-0.2, -0.15) is 0 Å². The van der Waals surface area contributed by atoms with Crippen LogP contribution in [0.15, 0.2) is 170 Å². The molecule has 2 heteroatoms. The number of methoxy groups -OCH3 is 1. The van der Waals surface area contributed by atoms with Crippen LogP contribution in [-0.4, -0.2) is 11.7 Å². The molecular weight excluding hydrogens is 595 g/mol. The van der Waals surface area contributed by atoms with Gasteiger partial charge in [-0.15, -0.1) is 0 Å². The van der Waals surface area contributed by atoms with Gasteiger partial charge in [-0.1, -0.05) is 121 Å². The largest absolute Gasteiger partial charge is 0.497 e. The van der Waals surface area contributed by atoms with Crippen molar-refractivity contribution in [3.8, 4) is 33.7 Å². The van der Waals surface area contributed by atoms with Gasteiger partial charge in [-0.05, 0) is 114 Å². The van der Waals surface area contributed by atoms with Gasteiger partial charge in [0.1, 0.15) is 5.75 Å². The summed E-state index contributed by atoms with van der Waals surface area (Å²) in [6.07, 6.45) is 0. The fourth-order valence-corrected chi connectivity index (χ4v) is 7.86. The van der Waals surface area contributed by atoms with Gasteiger partial charge in [0.05, 0.1) is 18.1 Å².